The van der Waals surface area contributed by atoms with E-state index in [1.165, 1.54) is 26.2 Å². The van der Waals surface area contributed by atoms with Crippen LogP contribution in [0.25, 0.3) is 0 Å². The fraction of sp³-hybridized carbons (Fsp3) is 0.222. The molecule has 10 heteroatoms. The van der Waals surface area contributed by atoms with Crippen LogP contribution in [0.3, 0.4) is 0 Å². The van der Waals surface area contributed by atoms with Gasteiger partial charge < -0.3 is 0 Å². The number of non-ortho nitro benzene ring substituents is 1. The van der Waals surface area contributed by atoms with Gasteiger partial charge in [-0.3, -0.25) is 20.3 Å². The molecule has 0 aliphatic heterocycles. The molecule has 0 atom stereocenters. The van der Waals surface area contributed by atoms with Gasteiger partial charge in [0.15, 0.2) is 0 Å². The Labute approximate surface area is 109 Å². The molecule has 0 radical (unpaired) electrons. The molecule has 0 saturated heterocycles. The summed E-state index contributed by atoms with van der Waals surface area (Å²) >= 11 is 0. The van der Waals surface area contributed by atoms with Crippen molar-refractivity contribution in [2.75, 3.05) is 14.1 Å². The van der Waals surface area contributed by atoms with E-state index in [0.29, 0.717) is 0 Å². The predicted octanol–water partition coefficient (Wildman–Crippen LogP) is -0.364. The first-order chi connectivity index (χ1) is 8.74. The van der Waals surface area contributed by atoms with Gasteiger partial charge >= 0.3 is 0 Å². The van der Waals surface area contributed by atoms with Crippen molar-refractivity contribution in [2.24, 2.45) is 0 Å². The first-order valence-corrected chi connectivity index (χ1v) is 6.42. The summed E-state index contributed by atoms with van der Waals surface area (Å²) in [6.07, 6.45) is 0. The van der Waals surface area contributed by atoms with Crippen LogP contribution in [0, 0.1) is 10.1 Å². The highest BCUT2D eigenvalue weighted by molar-refractivity contribution is 7.87. The van der Waals surface area contributed by atoms with Crippen molar-refractivity contribution < 1.29 is 18.1 Å². The average Bonchev–Trinajstić information content (AvgIpc) is 2.36. The fourth-order valence-corrected chi connectivity index (χ4v) is 1.41. The quantitative estimate of drug-likeness (QED) is 0.565. The molecule has 0 bridgehead atoms. The van der Waals surface area contributed by atoms with Gasteiger partial charge in [0.1, 0.15) is 0 Å². The summed E-state index contributed by atoms with van der Waals surface area (Å²) < 4.78 is 23.5. The van der Waals surface area contributed by atoms with Crippen LogP contribution in [-0.4, -0.2) is 37.6 Å². The lowest BCUT2D eigenvalue weighted by Crippen LogP contribution is -2.46. The molecule has 1 aromatic carbocycles. The molecule has 104 valence electrons. The van der Waals surface area contributed by atoms with E-state index in [0.717, 1.165) is 16.4 Å². The van der Waals surface area contributed by atoms with Gasteiger partial charge in [-0.25, -0.2) is 0 Å². The lowest BCUT2D eigenvalue weighted by atomic mass is 10.2. The van der Waals surface area contributed by atoms with Crippen molar-refractivity contribution in [3.05, 3.63) is 39.9 Å². The number of nitrogens with one attached hydrogen (secondary N) is 2. The number of carbonyl (C=O) groups is 1. The van der Waals surface area contributed by atoms with Gasteiger partial charge in [0.2, 0.25) is 0 Å². The molecule has 0 spiro atoms. The number of hydrogen-bond acceptors (Lipinski definition) is 5. The zero-order valence-corrected chi connectivity index (χ0v) is 11.0. The van der Waals surface area contributed by atoms with E-state index in [2.05, 4.69) is 0 Å². The number of benzene rings is 1. The molecule has 9 nitrogen and oxygen atoms in total. The summed E-state index contributed by atoms with van der Waals surface area (Å²) in [5.41, 5.74) is 1.91. The maximum Gasteiger partial charge on any atom is 0.295 e. The van der Waals surface area contributed by atoms with Crippen LogP contribution in [-0.2, 0) is 10.2 Å². The zero-order valence-electron chi connectivity index (χ0n) is 10.2. The maximum atomic E-state index is 11.6. The van der Waals surface area contributed by atoms with Crippen molar-refractivity contribution in [3.63, 3.8) is 0 Å². The van der Waals surface area contributed by atoms with Gasteiger partial charge in [-0.2, -0.15) is 12.7 Å². The number of nitro benzene ring substituents is 1. The predicted molar refractivity (Wildman–Crippen MR) is 66.3 cm³/mol. The molecular formula is C9H12N4O5S. The van der Waals surface area contributed by atoms with Gasteiger partial charge in [0.25, 0.3) is 21.8 Å². The Morgan fingerprint density at radius 3 is 2.21 bits per heavy atom. The minimum atomic E-state index is -3.78. The third-order valence-electron chi connectivity index (χ3n) is 2.11. The highest BCUT2D eigenvalue weighted by atomic mass is 32.2. The molecule has 19 heavy (non-hydrogen) atoms. The van der Waals surface area contributed by atoms with E-state index in [-0.39, 0.29) is 11.3 Å². The van der Waals surface area contributed by atoms with Crippen molar-refractivity contribution >= 4 is 21.8 Å². The molecule has 1 amide bonds. The molecule has 0 aliphatic rings. The van der Waals surface area contributed by atoms with Gasteiger partial charge in [-0.1, -0.05) is 0 Å². The van der Waals surface area contributed by atoms with Crippen LogP contribution in [0.2, 0.25) is 0 Å². The standard InChI is InChI=1S/C9H12N4O5S/c1-12(2)19(17,18)11-10-9(14)7-3-5-8(6-4-7)13(15)16/h3-6,11H,1-2H3,(H,10,14). The summed E-state index contributed by atoms with van der Waals surface area (Å²) in [5.74, 6) is -0.722. The van der Waals surface area contributed by atoms with E-state index < -0.39 is 21.0 Å². The Morgan fingerprint density at radius 2 is 1.79 bits per heavy atom. The van der Waals surface area contributed by atoms with Crippen molar-refractivity contribution in [1.29, 1.82) is 0 Å². The molecule has 0 aliphatic carbocycles. The highest BCUT2D eigenvalue weighted by Crippen LogP contribution is 2.11. The molecule has 0 aromatic heterocycles. The number of carbonyl (C=O) groups excluding carboxylic acids is 1. The van der Waals surface area contributed by atoms with E-state index in [4.69, 9.17) is 0 Å². The molecule has 0 heterocycles. The second-order valence-electron chi connectivity index (χ2n) is 3.65. The average molecular weight is 288 g/mol. The second-order valence-corrected chi connectivity index (χ2v) is 5.53. The number of nitro groups is 1. The second kappa shape index (κ2) is 5.73. The van der Waals surface area contributed by atoms with E-state index >= 15 is 0 Å². The lowest BCUT2D eigenvalue weighted by molar-refractivity contribution is -0.384. The maximum absolute atomic E-state index is 11.6. The number of rotatable bonds is 5. The molecule has 0 saturated carbocycles. The SMILES string of the molecule is CN(C)S(=O)(=O)NNC(=O)c1ccc([N+](=O)[O-])cc1. The van der Waals surface area contributed by atoms with Gasteiger partial charge in [-0.15, -0.1) is 4.83 Å². The topological polar surface area (TPSA) is 122 Å². The van der Waals surface area contributed by atoms with Crippen LogP contribution in [0.5, 0.6) is 0 Å². The van der Waals surface area contributed by atoms with E-state index in [1.54, 1.807) is 0 Å². The van der Waals surface area contributed by atoms with Crippen LogP contribution in [0.15, 0.2) is 24.3 Å². The summed E-state index contributed by atoms with van der Waals surface area (Å²) in [6, 6.07) is 4.74. The number of amides is 1. The smallest absolute Gasteiger partial charge is 0.273 e. The normalized spacial score (nSPS) is 11.3. The largest absolute Gasteiger partial charge is 0.295 e. The minimum Gasteiger partial charge on any atom is -0.273 e. The van der Waals surface area contributed by atoms with E-state index in [1.807, 2.05) is 10.3 Å². The van der Waals surface area contributed by atoms with Gasteiger partial charge in [0.05, 0.1) is 4.92 Å². The lowest BCUT2D eigenvalue weighted by Gasteiger charge is -2.12. The zero-order chi connectivity index (χ0) is 14.6. The molecule has 1 rings (SSSR count). The Morgan fingerprint density at radius 1 is 1.26 bits per heavy atom. The van der Waals surface area contributed by atoms with Crippen LogP contribution in [0.1, 0.15) is 10.4 Å². The monoisotopic (exact) mass is 288 g/mol. The highest BCUT2D eigenvalue weighted by Gasteiger charge is 2.15. The first kappa shape index (κ1) is 15.0. The number of hydrogen-bond donors (Lipinski definition) is 2. The fourth-order valence-electron chi connectivity index (χ4n) is 1.01. The number of nitrogens with zero attached hydrogens (tertiary/aromatic N) is 2. The van der Waals surface area contributed by atoms with Crippen molar-refractivity contribution in [3.8, 4) is 0 Å². The van der Waals surface area contributed by atoms with Crippen LogP contribution >= 0.6 is 0 Å². The first-order valence-electron chi connectivity index (χ1n) is 4.98. The Bertz CT molecular complexity index is 581. The Hall–Kier alpha value is -2.04. The Balaban J connectivity index is 2.72. The van der Waals surface area contributed by atoms with Crippen LogP contribution in [0.4, 0.5) is 5.69 Å². The summed E-state index contributed by atoms with van der Waals surface area (Å²) in [4.78, 5) is 23.2. The Kier molecular flexibility index (Phi) is 4.53. The molecular weight excluding hydrogens is 276 g/mol. The van der Waals surface area contributed by atoms with E-state index in [9.17, 15) is 23.3 Å². The van der Waals surface area contributed by atoms with Gasteiger partial charge in [-0.05, 0) is 12.1 Å². The molecule has 0 fully saturated rings. The summed E-state index contributed by atoms with van der Waals surface area (Å²) in [7, 11) is -1.20. The summed E-state index contributed by atoms with van der Waals surface area (Å²) in [5, 5.41) is 10.4. The number of hydrazine groups is 1. The molecule has 0 unspecified atom stereocenters. The van der Waals surface area contributed by atoms with Crippen molar-refractivity contribution in [1.82, 2.24) is 14.6 Å². The van der Waals surface area contributed by atoms with Crippen LogP contribution < -0.4 is 10.3 Å². The van der Waals surface area contributed by atoms with Crippen molar-refractivity contribution in [2.45, 2.75) is 0 Å². The molecule has 1 aromatic rings. The summed E-state index contributed by atoms with van der Waals surface area (Å²) in [6.45, 7) is 0. The molecule has 2 N–H and O–H groups in total. The van der Waals surface area contributed by atoms with Gasteiger partial charge in [0, 0.05) is 31.8 Å². The minimum absolute atomic E-state index is 0.0899. The third kappa shape index (κ3) is 3.98. The third-order valence-corrected chi connectivity index (χ3v) is 3.44.